The molecule has 0 amide bonds. The minimum absolute atomic E-state index is 0.0888. The van der Waals surface area contributed by atoms with E-state index in [0.29, 0.717) is 0 Å². The molecule has 0 atom stereocenters. The monoisotopic (exact) mass is 321 g/mol. The fourth-order valence-electron chi connectivity index (χ4n) is 1.95. The molecule has 0 aromatic carbocycles. The van der Waals surface area contributed by atoms with E-state index in [4.69, 9.17) is 0 Å². The first kappa shape index (κ1) is 14.2. The molecule has 23 heavy (non-hydrogen) atoms. The van der Waals surface area contributed by atoms with Crippen LogP contribution in [-0.2, 0) is 0 Å². The van der Waals surface area contributed by atoms with Crippen LogP contribution >= 0.6 is 0 Å². The molecule has 3 rings (SSSR count). The van der Waals surface area contributed by atoms with Crippen molar-refractivity contribution in [2.24, 2.45) is 0 Å². The van der Waals surface area contributed by atoms with E-state index >= 15 is 0 Å². The summed E-state index contributed by atoms with van der Waals surface area (Å²) in [5, 5.41) is 43.1. The number of anilines is 1. The predicted octanol–water partition coefficient (Wildman–Crippen LogP) is -0.771. The van der Waals surface area contributed by atoms with E-state index < -0.39 is 9.96 Å². The lowest BCUT2D eigenvalue weighted by atomic mass is 10.3. The molecular formula is C8H7N11O4. The molecule has 3 aromatic rings. The van der Waals surface area contributed by atoms with Crippen molar-refractivity contribution in [3.05, 3.63) is 31.6 Å². The summed E-state index contributed by atoms with van der Waals surface area (Å²) in [5.41, 5.74) is 1.98. The smallest absolute Gasteiger partial charge is 0.258 e. The van der Waals surface area contributed by atoms with E-state index in [0.717, 1.165) is 9.20 Å². The van der Waals surface area contributed by atoms with E-state index in [9.17, 15) is 20.2 Å². The molecular weight excluding hydrogens is 314 g/mol. The Balaban J connectivity index is 2.16. The number of aryl methyl sites for hydroxylation is 1. The van der Waals surface area contributed by atoms with E-state index in [1.165, 1.54) is 13.8 Å². The average Bonchev–Trinajstić information content (AvgIpc) is 2.99. The highest BCUT2D eigenvalue weighted by atomic mass is 16.7. The molecule has 0 saturated heterocycles. The maximum atomic E-state index is 11.0. The predicted molar refractivity (Wildman–Crippen MR) is 70.2 cm³/mol. The van der Waals surface area contributed by atoms with Gasteiger partial charge in [0.2, 0.25) is 0 Å². The van der Waals surface area contributed by atoms with Crippen LogP contribution in [0.15, 0.2) is 0 Å². The van der Waals surface area contributed by atoms with Gasteiger partial charge in [0, 0.05) is 0 Å². The Morgan fingerprint density at radius 3 is 2.35 bits per heavy atom. The maximum absolute atomic E-state index is 11.0. The standard InChI is InChI=1S/C8H7N11O4/c1-3-5(18(20)21)4(2)16(13-3)7-11-9-6-10-12-8(15-19(22)23)17(6)14-7/h1-2H3,(H,12,15). The van der Waals surface area contributed by atoms with Crippen molar-refractivity contribution in [1.29, 1.82) is 0 Å². The number of nitrogens with zero attached hydrogens (tertiary/aromatic N) is 10. The van der Waals surface area contributed by atoms with E-state index in [2.05, 4.69) is 30.6 Å². The third kappa shape index (κ3) is 2.24. The van der Waals surface area contributed by atoms with Crippen molar-refractivity contribution in [3.8, 4) is 5.95 Å². The first-order chi connectivity index (χ1) is 10.9. The van der Waals surface area contributed by atoms with Crippen LogP contribution in [0, 0.1) is 34.1 Å². The third-order valence-corrected chi connectivity index (χ3v) is 2.86. The van der Waals surface area contributed by atoms with Crippen molar-refractivity contribution in [2.75, 3.05) is 5.43 Å². The second-order valence-corrected chi connectivity index (χ2v) is 4.29. The van der Waals surface area contributed by atoms with Crippen LogP contribution in [0.2, 0.25) is 0 Å². The fourth-order valence-corrected chi connectivity index (χ4v) is 1.95. The molecule has 118 valence electrons. The molecule has 0 unspecified atom stereocenters. The Bertz CT molecular complexity index is 943. The molecule has 3 heterocycles. The quantitative estimate of drug-likeness (QED) is 0.469. The van der Waals surface area contributed by atoms with Crippen LogP contribution in [0.3, 0.4) is 0 Å². The molecule has 1 N–H and O–H groups in total. The molecule has 3 aromatic heterocycles. The first-order valence-corrected chi connectivity index (χ1v) is 5.96. The van der Waals surface area contributed by atoms with Crippen LogP contribution in [-0.4, -0.2) is 49.7 Å². The van der Waals surface area contributed by atoms with Gasteiger partial charge in [0.1, 0.15) is 11.4 Å². The molecule has 15 heteroatoms. The van der Waals surface area contributed by atoms with Gasteiger partial charge in [-0.05, 0) is 13.8 Å². The van der Waals surface area contributed by atoms with E-state index in [1.807, 2.05) is 0 Å². The van der Waals surface area contributed by atoms with Crippen molar-refractivity contribution in [1.82, 2.24) is 39.8 Å². The SMILES string of the molecule is Cc1nn(-c2nnc3nnc(N[N+](=O)[O-])n3n2)c(C)c1[N+](=O)[O-]. The summed E-state index contributed by atoms with van der Waals surface area (Å²) in [5.74, 6) is -0.510. The van der Waals surface area contributed by atoms with Gasteiger partial charge in [-0.25, -0.2) is 10.1 Å². The molecule has 0 spiro atoms. The number of hydrazine groups is 1. The van der Waals surface area contributed by atoms with Gasteiger partial charge in [-0.15, -0.1) is 25.5 Å². The van der Waals surface area contributed by atoms with Gasteiger partial charge in [0.25, 0.3) is 11.7 Å². The third-order valence-electron chi connectivity index (χ3n) is 2.86. The normalized spacial score (nSPS) is 10.9. The average molecular weight is 321 g/mol. The lowest BCUT2D eigenvalue weighted by molar-refractivity contribution is -0.446. The fraction of sp³-hybridized carbons (Fsp3) is 0.250. The summed E-state index contributed by atoms with van der Waals surface area (Å²) in [6.07, 6.45) is 0. The van der Waals surface area contributed by atoms with E-state index in [1.54, 1.807) is 5.43 Å². The van der Waals surface area contributed by atoms with Gasteiger partial charge in [-0.3, -0.25) is 10.1 Å². The van der Waals surface area contributed by atoms with Gasteiger partial charge in [-0.2, -0.15) is 14.3 Å². The Morgan fingerprint density at radius 1 is 1.04 bits per heavy atom. The highest BCUT2D eigenvalue weighted by molar-refractivity contribution is 5.42. The molecule has 0 aliphatic rings. The Morgan fingerprint density at radius 2 is 1.74 bits per heavy atom. The van der Waals surface area contributed by atoms with Crippen LogP contribution in [0.4, 0.5) is 11.6 Å². The second-order valence-electron chi connectivity index (χ2n) is 4.29. The molecule has 15 nitrogen and oxygen atoms in total. The van der Waals surface area contributed by atoms with Crippen LogP contribution in [0.25, 0.3) is 11.7 Å². The zero-order valence-electron chi connectivity index (χ0n) is 11.6. The summed E-state index contributed by atoms with van der Waals surface area (Å²) < 4.78 is 2.04. The van der Waals surface area contributed by atoms with Crippen molar-refractivity contribution in [3.63, 3.8) is 0 Å². The Kier molecular flexibility index (Phi) is 3.02. The summed E-state index contributed by atoms with van der Waals surface area (Å²) in [7, 11) is 0. The number of nitrogens with one attached hydrogen (secondary N) is 1. The lowest BCUT2D eigenvalue weighted by Gasteiger charge is -2.01. The van der Waals surface area contributed by atoms with Crippen LogP contribution in [0.5, 0.6) is 0 Å². The molecule has 0 aliphatic carbocycles. The highest BCUT2D eigenvalue weighted by Gasteiger charge is 2.24. The molecule has 0 radical (unpaired) electrons. The van der Waals surface area contributed by atoms with Gasteiger partial charge >= 0.3 is 11.6 Å². The minimum Gasteiger partial charge on any atom is -0.258 e. The zero-order valence-corrected chi connectivity index (χ0v) is 11.6. The summed E-state index contributed by atoms with van der Waals surface area (Å²) in [4.78, 5) is 20.9. The number of hydrogen-bond acceptors (Lipinski definition) is 10. The molecule has 0 bridgehead atoms. The van der Waals surface area contributed by atoms with Gasteiger partial charge in [0.15, 0.2) is 5.03 Å². The largest absolute Gasteiger partial charge is 0.313 e. The van der Waals surface area contributed by atoms with Crippen molar-refractivity contribution >= 4 is 17.4 Å². The number of nitro groups is 2. The minimum atomic E-state index is -0.841. The zero-order chi connectivity index (χ0) is 16.7. The first-order valence-electron chi connectivity index (χ1n) is 5.96. The van der Waals surface area contributed by atoms with Crippen LogP contribution < -0.4 is 5.43 Å². The maximum Gasteiger partial charge on any atom is 0.313 e. The van der Waals surface area contributed by atoms with Crippen LogP contribution in [0.1, 0.15) is 11.4 Å². The number of fused-ring (bicyclic) bond motifs is 1. The number of hydrogen-bond donors (Lipinski definition) is 1. The summed E-state index contributed by atoms with van der Waals surface area (Å²) >= 11 is 0. The Labute approximate surface area is 125 Å². The summed E-state index contributed by atoms with van der Waals surface area (Å²) in [6, 6.07) is 0. The van der Waals surface area contributed by atoms with Gasteiger partial charge in [0.05, 0.1) is 4.92 Å². The molecule has 0 saturated carbocycles. The number of rotatable bonds is 4. The number of aromatic nitrogens is 8. The highest BCUT2D eigenvalue weighted by Crippen LogP contribution is 2.23. The Hall–Kier alpha value is -3.78. The van der Waals surface area contributed by atoms with Gasteiger partial charge < -0.3 is 0 Å². The van der Waals surface area contributed by atoms with Crippen molar-refractivity contribution < 1.29 is 9.96 Å². The topological polar surface area (TPSA) is 185 Å². The summed E-state index contributed by atoms with van der Waals surface area (Å²) in [6.45, 7) is 2.93. The lowest BCUT2D eigenvalue weighted by Crippen LogP contribution is -2.15. The molecule has 0 fully saturated rings. The van der Waals surface area contributed by atoms with Gasteiger partial charge in [-0.1, -0.05) is 5.43 Å². The molecule has 0 aliphatic heterocycles. The van der Waals surface area contributed by atoms with Crippen molar-refractivity contribution in [2.45, 2.75) is 13.8 Å². The van der Waals surface area contributed by atoms with E-state index in [-0.39, 0.29) is 34.7 Å². The second kappa shape index (κ2) is 4.90.